The maximum Gasteiger partial charge on any atom is 0.245 e. The van der Waals surface area contributed by atoms with Crippen LogP contribution in [-0.2, 0) is 75.2 Å². The molecule has 2 aliphatic heterocycles. The zero-order valence-corrected chi connectivity index (χ0v) is 55.3. The molecule has 0 unspecified atom stereocenters. The highest BCUT2D eigenvalue weighted by Crippen LogP contribution is 2.24. The third-order valence-corrected chi connectivity index (χ3v) is 16.7. The number of hydrogen-bond donors (Lipinski definition) is 15. The molecule has 0 radical (unpaired) electrons. The number of unbranched alkanes of at least 4 members (excludes halogenated alkanes) is 1. The van der Waals surface area contributed by atoms with Crippen LogP contribution in [-0.4, -0.2) is 198 Å². The summed E-state index contributed by atoms with van der Waals surface area (Å²) >= 11 is 1.45. The highest BCUT2D eigenvalue weighted by molar-refractivity contribution is 7.98. The zero-order valence-electron chi connectivity index (χ0n) is 54.5. The Hall–Kier alpha value is -8.91. The summed E-state index contributed by atoms with van der Waals surface area (Å²) in [6.07, 6.45) is 3.12. The second-order valence-corrected chi connectivity index (χ2v) is 25.1. The van der Waals surface area contributed by atoms with E-state index < -0.39 is 169 Å². The van der Waals surface area contributed by atoms with Gasteiger partial charge in [0, 0.05) is 45.3 Å². The molecule has 10 atom stereocenters. The first-order chi connectivity index (χ1) is 45.2. The Morgan fingerprint density at radius 3 is 1.51 bits per heavy atom. The standard InChI is InChI=1S/C63H98N18O13S/c1-37(2)33-45(57(89)74-41(53(68)85)27-32-95-3)73-52(84)36-72-54(86)46(34-38-15-6-4-7-16-38)78-58(90)47(35-39-17-8-5-9-18-39)79-56(88)42(23-25-50(66)82)75-55(87)43(24-26-51(67)83)76-59(91)49-22-14-31-81(49)62(94)44(20-10-11-28-64)77-60(92)48-21-13-30-80(48)61(93)40(65)19-12-29-71-63(69)70/h4-9,15-18,37,40-49H,10-14,19-36,64-65H2,1-3H3,(H2,66,82)(H2,67,83)(H2,68,85)(H,72,86)(H,73,84)(H,74,89)(H,75,87)(H,76,91)(H,77,92)(H,78,90)(H,79,88)(H4,69,70,71)/t40-,41+,42-,43-,44-,45-,46-,47-,48+,49-/m1/s1. The van der Waals surface area contributed by atoms with E-state index in [0.717, 1.165) is 0 Å². The van der Waals surface area contributed by atoms with Crippen LogP contribution in [0.2, 0.25) is 0 Å². The van der Waals surface area contributed by atoms with Crippen LogP contribution in [0.15, 0.2) is 65.7 Å². The average molecular weight is 1350 g/mol. The normalized spacial score (nSPS) is 16.8. The van der Waals surface area contributed by atoms with Crippen LogP contribution < -0.4 is 82.7 Å². The Bertz CT molecular complexity index is 2960. The molecule has 0 aromatic heterocycles. The minimum Gasteiger partial charge on any atom is -0.370 e. The van der Waals surface area contributed by atoms with Crippen molar-refractivity contribution in [2.45, 2.75) is 183 Å². The lowest BCUT2D eigenvalue weighted by molar-refractivity contribution is -0.144. The third-order valence-electron chi connectivity index (χ3n) is 16.0. The molecule has 524 valence electrons. The number of rotatable bonds is 42. The number of carbonyl (C=O) groups excluding carboxylic acids is 13. The van der Waals surface area contributed by atoms with E-state index in [-0.39, 0.29) is 83.0 Å². The van der Waals surface area contributed by atoms with Crippen LogP contribution in [0.1, 0.15) is 121 Å². The molecule has 0 aliphatic carbocycles. The first-order valence-corrected chi connectivity index (χ1v) is 33.6. The van der Waals surface area contributed by atoms with Crippen LogP contribution in [0.25, 0.3) is 0 Å². The van der Waals surface area contributed by atoms with Crippen LogP contribution >= 0.6 is 11.8 Å². The summed E-state index contributed by atoms with van der Waals surface area (Å²) in [7, 11) is 0. The maximum atomic E-state index is 14.7. The van der Waals surface area contributed by atoms with Gasteiger partial charge in [0.2, 0.25) is 76.8 Å². The fraction of sp³-hybridized carbons (Fsp3) is 0.587. The van der Waals surface area contributed by atoms with Gasteiger partial charge >= 0.3 is 0 Å². The Kier molecular flexibility index (Phi) is 33.9. The SMILES string of the molecule is CSCC[C@H](NC(=O)[C@@H](CC(C)C)NC(=O)CNC(=O)[C@@H](Cc1ccccc1)NC(=O)[C@@H](Cc1ccccc1)NC(=O)[C@@H](CCC(N)=O)NC(=O)[C@@H](CCC(N)=O)NC(=O)[C@H]1CCCN1C(=O)[C@@H](CCCCN)NC(=O)[C@@H]1CCCN1C(=O)[C@H](N)CCCN=C(N)N)C(N)=O. The molecule has 32 heteroatoms. The van der Waals surface area contributed by atoms with Crippen molar-refractivity contribution in [3.05, 3.63) is 71.8 Å². The van der Waals surface area contributed by atoms with Crippen molar-refractivity contribution in [3.8, 4) is 0 Å². The second-order valence-electron chi connectivity index (χ2n) is 24.1. The lowest BCUT2D eigenvalue weighted by Crippen LogP contribution is -2.60. The van der Waals surface area contributed by atoms with E-state index in [1.807, 2.05) is 20.1 Å². The van der Waals surface area contributed by atoms with Crippen molar-refractivity contribution in [1.82, 2.24) is 52.3 Å². The van der Waals surface area contributed by atoms with Crippen molar-refractivity contribution in [2.75, 3.05) is 44.7 Å². The molecule has 31 nitrogen and oxygen atoms in total. The molecule has 2 aliphatic rings. The van der Waals surface area contributed by atoms with E-state index in [1.54, 1.807) is 60.7 Å². The van der Waals surface area contributed by atoms with E-state index in [9.17, 15) is 62.3 Å². The molecule has 2 aromatic carbocycles. The monoisotopic (exact) mass is 1350 g/mol. The van der Waals surface area contributed by atoms with Gasteiger partial charge in [0.25, 0.3) is 0 Å². The Morgan fingerprint density at radius 2 is 1.01 bits per heavy atom. The number of benzene rings is 2. The fourth-order valence-electron chi connectivity index (χ4n) is 11.0. The fourth-order valence-corrected chi connectivity index (χ4v) is 11.5. The molecule has 13 amide bonds. The Balaban J connectivity index is 1.56. The molecule has 95 heavy (non-hydrogen) atoms. The van der Waals surface area contributed by atoms with E-state index in [4.69, 9.17) is 40.1 Å². The summed E-state index contributed by atoms with van der Waals surface area (Å²) < 4.78 is 0. The number of carbonyl (C=O) groups is 13. The molecule has 2 heterocycles. The summed E-state index contributed by atoms with van der Waals surface area (Å²) in [5.74, 6) is -9.80. The second kappa shape index (κ2) is 41.0. The first-order valence-electron chi connectivity index (χ1n) is 32.2. The van der Waals surface area contributed by atoms with Crippen molar-refractivity contribution < 1.29 is 62.3 Å². The molecule has 22 N–H and O–H groups in total. The molecule has 4 rings (SSSR count). The number of guanidine groups is 1. The molecule has 2 saturated heterocycles. The number of nitrogens with zero attached hydrogens (tertiary/aromatic N) is 3. The van der Waals surface area contributed by atoms with Crippen LogP contribution in [0, 0.1) is 5.92 Å². The smallest absolute Gasteiger partial charge is 0.245 e. The molecular formula is C63H98N18O13S. The van der Waals surface area contributed by atoms with Gasteiger partial charge in [-0.15, -0.1) is 0 Å². The number of thioether (sulfide) groups is 1. The highest BCUT2D eigenvalue weighted by atomic mass is 32.2. The molecule has 2 fully saturated rings. The van der Waals surface area contributed by atoms with Gasteiger partial charge in [-0.1, -0.05) is 74.5 Å². The van der Waals surface area contributed by atoms with E-state index >= 15 is 0 Å². The Morgan fingerprint density at radius 1 is 0.537 bits per heavy atom. The summed E-state index contributed by atoms with van der Waals surface area (Å²) in [5, 5.41) is 21.1. The zero-order chi connectivity index (χ0) is 70.1. The number of nitrogens with one attached hydrogen (secondary N) is 8. The molecule has 0 saturated carbocycles. The van der Waals surface area contributed by atoms with Crippen molar-refractivity contribution in [2.24, 2.45) is 51.0 Å². The molecule has 2 aromatic rings. The van der Waals surface area contributed by atoms with Gasteiger partial charge in [0.1, 0.15) is 54.4 Å². The van der Waals surface area contributed by atoms with Gasteiger partial charge in [0.15, 0.2) is 5.96 Å². The number of likely N-dealkylation sites (tertiary alicyclic amines) is 2. The van der Waals surface area contributed by atoms with Gasteiger partial charge in [-0.2, -0.15) is 11.8 Å². The quantitative estimate of drug-likeness (QED) is 0.0173. The van der Waals surface area contributed by atoms with Gasteiger partial charge in [-0.25, -0.2) is 0 Å². The molecular weight excluding hydrogens is 1250 g/mol. The number of amides is 13. The maximum absolute atomic E-state index is 14.7. The van der Waals surface area contributed by atoms with Crippen molar-refractivity contribution >= 4 is 94.5 Å². The van der Waals surface area contributed by atoms with Crippen molar-refractivity contribution in [1.29, 1.82) is 0 Å². The van der Waals surface area contributed by atoms with Crippen LogP contribution in [0.5, 0.6) is 0 Å². The number of primary amides is 3. The lowest BCUT2D eigenvalue weighted by atomic mass is 10.0. The Labute approximate surface area is 558 Å². The summed E-state index contributed by atoms with van der Waals surface area (Å²) in [4.78, 5) is 185. The van der Waals surface area contributed by atoms with Crippen LogP contribution in [0.4, 0.5) is 0 Å². The predicted molar refractivity (Wildman–Crippen MR) is 356 cm³/mol. The van der Waals surface area contributed by atoms with E-state index in [1.165, 1.54) is 21.6 Å². The number of aliphatic imine (C=N–C) groups is 1. The lowest BCUT2D eigenvalue weighted by Gasteiger charge is -2.32. The van der Waals surface area contributed by atoms with Gasteiger partial charge in [-0.05, 0) is 119 Å². The van der Waals surface area contributed by atoms with Gasteiger partial charge in [-0.3, -0.25) is 67.3 Å². The number of hydrogen-bond acceptors (Lipinski definition) is 17. The van der Waals surface area contributed by atoms with E-state index in [0.29, 0.717) is 55.4 Å². The largest absolute Gasteiger partial charge is 0.370 e. The molecule has 0 bridgehead atoms. The average Bonchev–Trinajstić information content (AvgIpc) is 1.74. The highest BCUT2D eigenvalue weighted by Gasteiger charge is 2.42. The minimum absolute atomic E-state index is 0.0736. The van der Waals surface area contributed by atoms with Crippen LogP contribution in [0.3, 0.4) is 0 Å². The van der Waals surface area contributed by atoms with Crippen molar-refractivity contribution in [3.63, 3.8) is 0 Å². The minimum atomic E-state index is -1.64. The van der Waals surface area contributed by atoms with E-state index in [2.05, 4.69) is 47.5 Å². The van der Waals surface area contributed by atoms with Gasteiger partial charge < -0.3 is 92.5 Å². The third kappa shape index (κ3) is 27.5. The first kappa shape index (κ1) is 78.5. The topological polar surface area (TPSA) is 519 Å². The number of nitrogens with two attached hydrogens (primary N) is 7. The predicted octanol–water partition coefficient (Wildman–Crippen LogP) is -3.71. The van der Waals surface area contributed by atoms with Gasteiger partial charge in [0.05, 0.1) is 12.6 Å². The summed E-state index contributed by atoms with van der Waals surface area (Å²) in [6, 6.07) is 4.51. The molecule has 0 spiro atoms. The summed E-state index contributed by atoms with van der Waals surface area (Å²) in [6.45, 7) is 3.86. The summed E-state index contributed by atoms with van der Waals surface area (Å²) in [5.41, 5.74) is 40.6.